The van der Waals surface area contributed by atoms with Crippen LogP contribution in [0.2, 0.25) is 0 Å². The van der Waals surface area contributed by atoms with Crippen LogP contribution in [0.25, 0.3) is 11.0 Å². The van der Waals surface area contributed by atoms with E-state index in [1.54, 1.807) is 0 Å². The molecule has 0 atom stereocenters. The molecule has 0 amide bonds. The van der Waals surface area contributed by atoms with E-state index < -0.39 is 0 Å². The van der Waals surface area contributed by atoms with Crippen LogP contribution in [0, 0.1) is 0 Å². The average molecular weight is 185 g/mol. The molecule has 0 aliphatic carbocycles. The summed E-state index contributed by atoms with van der Waals surface area (Å²) in [6.07, 6.45) is 3.13. The Kier molecular flexibility index (Phi) is 1.63. The normalized spacial score (nSPS) is 15.6. The Labute approximate surface area is 82.4 Å². The first-order valence-corrected chi connectivity index (χ1v) is 4.90. The van der Waals surface area contributed by atoms with Crippen molar-refractivity contribution in [3.63, 3.8) is 0 Å². The van der Waals surface area contributed by atoms with Gasteiger partial charge in [0, 0.05) is 13.1 Å². The van der Waals surface area contributed by atoms with Crippen molar-refractivity contribution in [2.75, 3.05) is 18.0 Å². The first kappa shape index (κ1) is 7.74. The fourth-order valence-electron chi connectivity index (χ4n) is 1.65. The van der Waals surface area contributed by atoms with Crippen molar-refractivity contribution in [1.29, 1.82) is 0 Å². The minimum Gasteiger partial charge on any atom is -0.355 e. The van der Waals surface area contributed by atoms with Crippen molar-refractivity contribution in [2.45, 2.75) is 6.42 Å². The predicted octanol–water partition coefficient (Wildman–Crippen LogP) is 1.84. The molecule has 0 saturated carbocycles. The van der Waals surface area contributed by atoms with Crippen molar-refractivity contribution in [3.05, 3.63) is 30.5 Å². The molecule has 1 aliphatic heterocycles. The number of benzene rings is 1. The third-order valence-corrected chi connectivity index (χ3v) is 2.62. The monoisotopic (exact) mass is 185 g/mol. The Hall–Kier alpha value is -1.64. The molecule has 0 unspecified atom stereocenters. The lowest BCUT2D eigenvalue weighted by atomic mass is 10.2. The summed E-state index contributed by atoms with van der Waals surface area (Å²) < 4.78 is 0. The molecule has 3 heteroatoms. The van der Waals surface area contributed by atoms with E-state index in [1.807, 2.05) is 30.5 Å². The summed E-state index contributed by atoms with van der Waals surface area (Å²) in [6.45, 7) is 2.24. The Morgan fingerprint density at radius 2 is 1.86 bits per heavy atom. The largest absolute Gasteiger partial charge is 0.355 e. The quantitative estimate of drug-likeness (QED) is 0.678. The molecule has 1 aliphatic rings. The van der Waals surface area contributed by atoms with Crippen molar-refractivity contribution in [3.8, 4) is 0 Å². The lowest BCUT2D eigenvalue weighted by molar-refractivity contribution is 0.609. The second-order valence-electron chi connectivity index (χ2n) is 3.56. The zero-order valence-electron chi connectivity index (χ0n) is 7.85. The van der Waals surface area contributed by atoms with Crippen LogP contribution in [-0.2, 0) is 0 Å². The van der Waals surface area contributed by atoms with Gasteiger partial charge in [0.15, 0.2) is 0 Å². The van der Waals surface area contributed by atoms with Crippen LogP contribution >= 0.6 is 0 Å². The summed E-state index contributed by atoms with van der Waals surface area (Å²) in [5.41, 5.74) is 1.95. The van der Waals surface area contributed by atoms with Crippen LogP contribution in [0.4, 0.5) is 5.82 Å². The van der Waals surface area contributed by atoms with Gasteiger partial charge in [-0.2, -0.15) is 0 Å². The van der Waals surface area contributed by atoms with E-state index in [4.69, 9.17) is 0 Å². The summed E-state index contributed by atoms with van der Waals surface area (Å²) in [5, 5.41) is 0. The minimum atomic E-state index is 0.969. The lowest BCUT2D eigenvalue weighted by Gasteiger charge is -2.31. The number of hydrogen-bond acceptors (Lipinski definition) is 3. The van der Waals surface area contributed by atoms with Gasteiger partial charge >= 0.3 is 0 Å². The Morgan fingerprint density at radius 3 is 2.57 bits per heavy atom. The zero-order chi connectivity index (χ0) is 9.38. The van der Waals surface area contributed by atoms with E-state index >= 15 is 0 Å². The average Bonchev–Trinajstić information content (AvgIpc) is 2.15. The topological polar surface area (TPSA) is 29.0 Å². The van der Waals surface area contributed by atoms with E-state index in [-0.39, 0.29) is 0 Å². The molecular weight excluding hydrogens is 174 g/mol. The van der Waals surface area contributed by atoms with Gasteiger partial charge in [0.1, 0.15) is 5.82 Å². The third-order valence-electron chi connectivity index (χ3n) is 2.62. The van der Waals surface area contributed by atoms with Gasteiger partial charge in [0.05, 0.1) is 17.2 Å². The Balaban J connectivity index is 2.10. The van der Waals surface area contributed by atoms with Crippen LogP contribution in [0.5, 0.6) is 0 Å². The van der Waals surface area contributed by atoms with Gasteiger partial charge in [-0.05, 0) is 18.6 Å². The van der Waals surface area contributed by atoms with Crippen LogP contribution in [0.1, 0.15) is 6.42 Å². The molecule has 2 heterocycles. The van der Waals surface area contributed by atoms with E-state index in [2.05, 4.69) is 14.9 Å². The fourth-order valence-corrected chi connectivity index (χ4v) is 1.65. The van der Waals surface area contributed by atoms with Crippen LogP contribution in [0.15, 0.2) is 30.5 Å². The van der Waals surface area contributed by atoms with Gasteiger partial charge < -0.3 is 4.90 Å². The molecule has 1 saturated heterocycles. The van der Waals surface area contributed by atoms with Gasteiger partial charge in [0.2, 0.25) is 0 Å². The van der Waals surface area contributed by atoms with E-state index in [0.717, 1.165) is 29.9 Å². The lowest BCUT2D eigenvalue weighted by Crippen LogP contribution is -2.37. The SMILES string of the molecule is c1ccc2nc(N3CCC3)cnc2c1. The molecule has 1 fully saturated rings. The number of nitrogens with zero attached hydrogens (tertiary/aromatic N) is 3. The third kappa shape index (κ3) is 1.13. The first-order valence-electron chi connectivity index (χ1n) is 4.90. The summed E-state index contributed by atoms with van der Waals surface area (Å²) in [5.74, 6) is 1.01. The standard InChI is InChI=1S/C11H11N3/c1-2-5-10-9(4-1)12-8-11(13-10)14-6-3-7-14/h1-2,4-5,8H,3,6-7H2. The molecule has 2 aromatic rings. The highest BCUT2D eigenvalue weighted by molar-refractivity contribution is 5.75. The summed E-state index contributed by atoms with van der Waals surface area (Å²) in [4.78, 5) is 11.2. The summed E-state index contributed by atoms with van der Waals surface area (Å²) in [6, 6.07) is 7.98. The molecule has 1 aromatic carbocycles. The molecule has 3 rings (SSSR count). The van der Waals surface area contributed by atoms with Crippen molar-refractivity contribution >= 4 is 16.9 Å². The van der Waals surface area contributed by atoms with Crippen LogP contribution in [-0.4, -0.2) is 23.1 Å². The van der Waals surface area contributed by atoms with Gasteiger partial charge in [-0.1, -0.05) is 12.1 Å². The second kappa shape index (κ2) is 2.94. The Morgan fingerprint density at radius 1 is 1.07 bits per heavy atom. The van der Waals surface area contributed by atoms with Gasteiger partial charge in [0.25, 0.3) is 0 Å². The molecular formula is C11H11N3. The second-order valence-corrected chi connectivity index (χ2v) is 3.56. The van der Waals surface area contributed by atoms with E-state index in [9.17, 15) is 0 Å². The van der Waals surface area contributed by atoms with Gasteiger partial charge in [-0.25, -0.2) is 4.98 Å². The number of rotatable bonds is 1. The fraction of sp³-hybridized carbons (Fsp3) is 0.273. The number of hydrogen-bond donors (Lipinski definition) is 0. The van der Waals surface area contributed by atoms with Crippen molar-refractivity contribution < 1.29 is 0 Å². The highest BCUT2D eigenvalue weighted by Gasteiger charge is 2.15. The number of anilines is 1. The summed E-state index contributed by atoms with van der Waals surface area (Å²) >= 11 is 0. The smallest absolute Gasteiger partial charge is 0.147 e. The van der Waals surface area contributed by atoms with E-state index in [1.165, 1.54) is 6.42 Å². The molecule has 0 bridgehead atoms. The zero-order valence-corrected chi connectivity index (χ0v) is 7.85. The molecule has 70 valence electrons. The minimum absolute atomic E-state index is 0.969. The molecule has 14 heavy (non-hydrogen) atoms. The molecule has 1 aromatic heterocycles. The van der Waals surface area contributed by atoms with Gasteiger partial charge in [-0.3, -0.25) is 4.98 Å². The molecule has 0 N–H and O–H groups in total. The molecule has 3 nitrogen and oxygen atoms in total. The number of fused-ring (bicyclic) bond motifs is 1. The van der Waals surface area contributed by atoms with E-state index in [0.29, 0.717) is 0 Å². The predicted molar refractivity (Wildman–Crippen MR) is 56.4 cm³/mol. The van der Waals surface area contributed by atoms with Crippen molar-refractivity contribution in [1.82, 2.24) is 9.97 Å². The number of aromatic nitrogens is 2. The molecule has 0 radical (unpaired) electrons. The van der Waals surface area contributed by atoms with Crippen LogP contribution in [0.3, 0.4) is 0 Å². The van der Waals surface area contributed by atoms with Crippen molar-refractivity contribution in [2.24, 2.45) is 0 Å². The first-order chi connectivity index (χ1) is 6.93. The Bertz CT molecular complexity index is 463. The maximum atomic E-state index is 4.56. The maximum Gasteiger partial charge on any atom is 0.147 e. The highest BCUT2D eigenvalue weighted by Crippen LogP contribution is 2.19. The maximum absolute atomic E-state index is 4.56. The highest BCUT2D eigenvalue weighted by atomic mass is 15.2. The summed E-state index contributed by atoms with van der Waals surface area (Å²) in [7, 11) is 0. The van der Waals surface area contributed by atoms with Gasteiger partial charge in [-0.15, -0.1) is 0 Å². The van der Waals surface area contributed by atoms with Crippen LogP contribution < -0.4 is 4.90 Å². The molecule has 0 spiro atoms. The number of para-hydroxylation sites is 2.